The van der Waals surface area contributed by atoms with E-state index in [-0.39, 0.29) is 28.9 Å². The fraction of sp³-hybridized carbons (Fsp3) is 0.286. The molecule has 2 aromatic carbocycles. The van der Waals surface area contributed by atoms with E-state index in [0.29, 0.717) is 22.5 Å². The van der Waals surface area contributed by atoms with Crippen LogP contribution >= 0.6 is 15.9 Å². The maximum atomic E-state index is 13.3. The van der Waals surface area contributed by atoms with Crippen LogP contribution in [0.1, 0.15) is 37.0 Å². The molecule has 3 aromatic rings. The van der Waals surface area contributed by atoms with E-state index in [9.17, 15) is 14.9 Å². The first-order valence-electron chi connectivity index (χ1n) is 12.4. The van der Waals surface area contributed by atoms with Crippen LogP contribution in [0.25, 0.3) is 10.9 Å². The Morgan fingerprint density at radius 2 is 1.87 bits per heavy atom. The second kappa shape index (κ2) is 10.9. The number of anilines is 1. The number of methoxy groups -OCH3 is 2. The molecule has 10 nitrogen and oxygen atoms in total. The Hall–Kier alpha value is -4.14. The number of aromatic nitrogens is 2. The molecule has 5 rings (SSSR count). The molecule has 2 atom stereocenters. The van der Waals surface area contributed by atoms with Gasteiger partial charge >= 0.3 is 11.9 Å². The Kier molecular flexibility index (Phi) is 7.41. The summed E-state index contributed by atoms with van der Waals surface area (Å²) in [5.41, 5.74) is 8.39. The van der Waals surface area contributed by atoms with Crippen LogP contribution in [0.5, 0.6) is 0 Å². The SMILES string of the molecule is COC(=O)C1=C(C(=O)OC)N(c2ccc3c(c2)c(Br)nn3C2CCCCO2)C(N)=C(C#N)C1c1ccccc1. The number of hydrogen-bond acceptors (Lipinski definition) is 9. The normalized spacial score (nSPS) is 19.7. The Morgan fingerprint density at radius 1 is 1.13 bits per heavy atom. The van der Waals surface area contributed by atoms with Crippen molar-refractivity contribution in [2.24, 2.45) is 5.73 Å². The average Bonchev–Trinajstić information content (AvgIpc) is 3.32. The van der Waals surface area contributed by atoms with Crippen LogP contribution in [-0.4, -0.2) is 42.5 Å². The van der Waals surface area contributed by atoms with Crippen molar-refractivity contribution in [2.45, 2.75) is 31.4 Å². The highest BCUT2D eigenvalue weighted by atomic mass is 79.9. The maximum Gasteiger partial charge on any atom is 0.355 e. The zero-order chi connectivity index (χ0) is 27.7. The molecular formula is C28H26BrN5O5. The molecule has 0 aliphatic carbocycles. The van der Waals surface area contributed by atoms with Gasteiger partial charge in [0.25, 0.3) is 0 Å². The Balaban J connectivity index is 1.74. The Labute approximate surface area is 233 Å². The third-order valence-corrected chi connectivity index (χ3v) is 7.53. The van der Waals surface area contributed by atoms with Crippen molar-refractivity contribution in [1.82, 2.24) is 9.78 Å². The number of hydrogen-bond donors (Lipinski definition) is 1. The number of fused-ring (bicyclic) bond motifs is 1. The number of benzene rings is 2. The smallest absolute Gasteiger partial charge is 0.355 e. The summed E-state index contributed by atoms with van der Waals surface area (Å²) in [4.78, 5) is 27.9. The van der Waals surface area contributed by atoms with Gasteiger partial charge in [0, 0.05) is 17.7 Å². The van der Waals surface area contributed by atoms with Crippen molar-refractivity contribution in [3.05, 3.63) is 81.4 Å². The van der Waals surface area contributed by atoms with Gasteiger partial charge in [0.1, 0.15) is 16.1 Å². The molecule has 1 saturated heterocycles. The first-order chi connectivity index (χ1) is 18.9. The summed E-state index contributed by atoms with van der Waals surface area (Å²) < 4.78 is 18.6. The Morgan fingerprint density at radius 3 is 2.51 bits per heavy atom. The standard InChI is InChI=1S/C28H26BrN5O5/c1-37-27(35)23-22(16-8-4-3-5-9-16)19(15-30)26(31)33(24(23)28(36)38-2)17-11-12-20-18(14-17)25(29)32-34(20)21-10-6-7-13-39-21/h3-5,8-9,11-12,14,21-22H,6-7,10,13,31H2,1-2H3. The number of halogens is 1. The predicted octanol–water partition coefficient (Wildman–Crippen LogP) is 4.40. The summed E-state index contributed by atoms with van der Waals surface area (Å²) >= 11 is 3.55. The summed E-state index contributed by atoms with van der Waals surface area (Å²) in [5, 5.41) is 15.6. The zero-order valence-electron chi connectivity index (χ0n) is 21.4. The van der Waals surface area contributed by atoms with Crippen LogP contribution < -0.4 is 10.6 Å². The number of carbonyl (C=O) groups is 2. The molecule has 2 aliphatic rings. The fourth-order valence-electron chi connectivity index (χ4n) is 5.15. The number of carbonyl (C=O) groups excluding carboxylic acids is 2. The highest BCUT2D eigenvalue weighted by molar-refractivity contribution is 9.10. The van der Waals surface area contributed by atoms with E-state index in [2.05, 4.69) is 27.1 Å². The summed E-state index contributed by atoms with van der Waals surface area (Å²) in [6, 6.07) is 16.4. The molecule has 2 aliphatic heterocycles. The summed E-state index contributed by atoms with van der Waals surface area (Å²) in [5.74, 6) is -2.52. The lowest BCUT2D eigenvalue weighted by atomic mass is 9.81. The third kappa shape index (κ3) is 4.56. The van der Waals surface area contributed by atoms with Gasteiger partial charge in [-0.1, -0.05) is 30.3 Å². The zero-order valence-corrected chi connectivity index (χ0v) is 23.0. The highest BCUT2D eigenvalue weighted by Gasteiger charge is 2.43. The molecule has 1 aromatic heterocycles. The van der Waals surface area contributed by atoms with Crippen LogP contribution in [0.3, 0.4) is 0 Å². The van der Waals surface area contributed by atoms with Crippen molar-refractivity contribution in [1.29, 1.82) is 5.26 Å². The van der Waals surface area contributed by atoms with E-state index in [0.717, 1.165) is 30.2 Å². The van der Waals surface area contributed by atoms with Crippen LogP contribution in [0, 0.1) is 11.3 Å². The molecule has 0 saturated carbocycles. The minimum Gasteiger partial charge on any atom is -0.466 e. The van der Waals surface area contributed by atoms with Gasteiger partial charge in [0.15, 0.2) is 6.23 Å². The molecule has 0 bridgehead atoms. The van der Waals surface area contributed by atoms with Crippen molar-refractivity contribution in [3.8, 4) is 6.07 Å². The number of nitriles is 1. The molecule has 200 valence electrons. The number of esters is 2. The van der Waals surface area contributed by atoms with Gasteiger partial charge in [-0.05, 0) is 59.0 Å². The number of allylic oxidation sites excluding steroid dienone is 1. The van der Waals surface area contributed by atoms with Gasteiger partial charge in [-0.15, -0.1) is 0 Å². The van der Waals surface area contributed by atoms with Crippen LogP contribution in [-0.2, 0) is 23.8 Å². The van der Waals surface area contributed by atoms with Crippen molar-refractivity contribution in [3.63, 3.8) is 0 Å². The van der Waals surface area contributed by atoms with E-state index in [1.165, 1.54) is 19.1 Å². The quantitative estimate of drug-likeness (QED) is 0.428. The molecule has 0 amide bonds. The van der Waals surface area contributed by atoms with Crippen LogP contribution in [0.15, 0.2) is 75.8 Å². The molecular weight excluding hydrogens is 566 g/mol. The van der Waals surface area contributed by atoms with Gasteiger partial charge < -0.3 is 19.9 Å². The van der Waals surface area contributed by atoms with Gasteiger partial charge in [0.2, 0.25) is 0 Å². The average molecular weight is 592 g/mol. The lowest BCUT2D eigenvalue weighted by molar-refractivity contribution is -0.139. The van der Waals surface area contributed by atoms with Crippen LogP contribution in [0.2, 0.25) is 0 Å². The first-order valence-corrected chi connectivity index (χ1v) is 13.2. The second-order valence-electron chi connectivity index (χ2n) is 9.09. The topological polar surface area (TPSA) is 133 Å². The molecule has 2 unspecified atom stereocenters. The van der Waals surface area contributed by atoms with E-state index in [4.69, 9.17) is 19.9 Å². The minimum absolute atomic E-state index is 0.00196. The number of rotatable bonds is 5. The summed E-state index contributed by atoms with van der Waals surface area (Å²) in [6.07, 6.45) is 2.71. The number of ether oxygens (including phenoxy) is 3. The summed E-state index contributed by atoms with van der Waals surface area (Å²) in [7, 11) is 2.43. The molecule has 39 heavy (non-hydrogen) atoms. The van der Waals surface area contributed by atoms with Crippen molar-refractivity contribution >= 4 is 44.5 Å². The third-order valence-electron chi connectivity index (χ3n) is 6.94. The lowest BCUT2D eigenvalue weighted by Gasteiger charge is -2.36. The van der Waals surface area contributed by atoms with Gasteiger partial charge in [0.05, 0.1) is 42.9 Å². The van der Waals surface area contributed by atoms with E-state index in [1.54, 1.807) is 36.4 Å². The molecule has 11 heteroatoms. The molecule has 2 N–H and O–H groups in total. The van der Waals surface area contributed by atoms with Gasteiger partial charge in [-0.25, -0.2) is 14.3 Å². The number of nitrogens with two attached hydrogens (primary N) is 1. The van der Waals surface area contributed by atoms with E-state index in [1.807, 2.05) is 16.8 Å². The Bertz CT molecular complexity index is 1550. The van der Waals surface area contributed by atoms with Crippen molar-refractivity contribution < 1.29 is 23.8 Å². The highest BCUT2D eigenvalue weighted by Crippen LogP contribution is 2.44. The monoisotopic (exact) mass is 591 g/mol. The van der Waals surface area contributed by atoms with Gasteiger partial charge in [-0.3, -0.25) is 4.90 Å². The molecule has 0 radical (unpaired) electrons. The van der Waals surface area contributed by atoms with E-state index >= 15 is 0 Å². The van der Waals surface area contributed by atoms with Gasteiger partial charge in [-0.2, -0.15) is 10.4 Å². The predicted molar refractivity (Wildman–Crippen MR) is 146 cm³/mol. The fourth-order valence-corrected chi connectivity index (χ4v) is 5.64. The summed E-state index contributed by atoms with van der Waals surface area (Å²) in [6.45, 7) is 0.667. The van der Waals surface area contributed by atoms with E-state index < -0.39 is 17.9 Å². The second-order valence-corrected chi connectivity index (χ2v) is 9.84. The maximum absolute atomic E-state index is 13.3. The molecule has 0 spiro atoms. The largest absolute Gasteiger partial charge is 0.466 e. The molecule has 1 fully saturated rings. The van der Waals surface area contributed by atoms with Crippen molar-refractivity contribution in [2.75, 3.05) is 25.7 Å². The lowest BCUT2D eigenvalue weighted by Crippen LogP contribution is -2.40. The molecule has 3 heterocycles. The number of nitrogens with zero attached hydrogens (tertiary/aromatic N) is 4. The minimum atomic E-state index is -0.935. The first kappa shape index (κ1) is 26.5. The van der Waals surface area contributed by atoms with Crippen LogP contribution in [0.4, 0.5) is 5.69 Å².